The summed E-state index contributed by atoms with van der Waals surface area (Å²) >= 11 is 0. The molecular formula is C26H22N2O4. The van der Waals surface area contributed by atoms with Crippen molar-refractivity contribution >= 4 is 28.8 Å². The molecule has 3 aromatic carbocycles. The summed E-state index contributed by atoms with van der Waals surface area (Å²) in [5.74, 6) is 0.486. The van der Waals surface area contributed by atoms with E-state index in [0.717, 1.165) is 16.7 Å². The highest BCUT2D eigenvalue weighted by molar-refractivity contribution is 6.46. The quantitative estimate of drug-likeness (QED) is 0.611. The molecule has 0 aliphatic carbocycles. The lowest BCUT2D eigenvalue weighted by molar-refractivity contribution is -0.120. The fraction of sp³-hybridized carbons (Fsp3) is 0.154. The van der Waals surface area contributed by atoms with Gasteiger partial charge in [-0.25, -0.2) is 4.90 Å². The second-order valence-electron chi connectivity index (χ2n) is 8.02. The van der Waals surface area contributed by atoms with Crippen LogP contribution in [0.2, 0.25) is 0 Å². The predicted molar refractivity (Wildman–Crippen MR) is 123 cm³/mol. The van der Waals surface area contributed by atoms with Gasteiger partial charge in [0.25, 0.3) is 11.8 Å². The van der Waals surface area contributed by atoms with Crippen molar-refractivity contribution in [3.8, 4) is 11.5 Å². The van der Waals surface area contributed by atoms with Gasteiger partial charge in [-0.1, -0.05) is 35.9 Å². The minimum atomic E-state index is -0.398. The Morgan fingerprint density at radius 2 is 1.53 bits per heavy atom. The van der Waals surface area contributed by atoms with Crippen LogP contribution in [0.3, 0.4) is 0 Å². The summed E-state index contributed by atoms with van der Waals surface area (Å²) in [6.07, 6.45) is 0. The number of rotatable bonds is 4. The van der Waals surface area contributed by atoms with Crippen LogP contribution in [-0.2, 0) is 9.59 Å². The van der Waals surface area contributed by atoms with Gasteiger partial charge in [0.15, 0.2) is 11.5 Å². The van der Waals surface area contributed by atoms with Crippen LogP contribution in [0.4, 0.5) is 11.4 Å². The standard InChI is InChI=1S/C26H22N2O4/c1-15-4-9-20(10-5-15)28-25(29)23(18-7-6-16(2)17(3)12-18)24(26(28)30)27-19-8-11-21-22(13-19)32-14-31-21/h4-13,27H,14H2,1-3H3. The van der Waals surface area contributed by atoms with Crippen molar-refractivity contribution in [2.45, 2.75) is 20.8 Å². The van der Waals surface area contributed by atoms with Gasteiger partial charge in [0, 0.05) is 11.8 Å². The van der Waals surface area contributed by atoms with E-state index in [1.165, 1.54) is 4.90 Å². The number of amides is 2. The number of nitrogens with one attached hydrogen (secondary N) is 1. The topological polar surface area (TPSA) is 67.9 Å². The third-order valence-electron chi connectivity index (χ3n) is 5.81. The fourth-order valence-corrected chi connectivity index (χ4v) is 3.86. The monoisotopic (exact) mass is 426 g/mol. The van der Waals surface area contributed by atoms with E-state index in [1.807, 2.05) is 51.1 Å². The zero-order valence-electron chi connectivity index (χ0n) is 18.1. The molecule has 6 nitrogen and oxygen atoms in total. The van der Waals surface area contributed by atoms with E-state index in [-0.39, 0.29) is 18.4 Å². The summed E-state index contributed by atoms with van der Waals surface area (Å²) in [6, 6.07) is 18.5. The first-order chi connectivity index (χ1) is 15.4. The largest absolute Gasteiger partial charge is 0.454 e. The number of carbonyl (C=O) groups excluding carboxylic acids is 2. The maximum Gasteiger partial charge on any atom is 0.282 e. The Morgan fingerprint density at radius 1 is 0.781 bits per heavy atom. The number of nitrogens with zero attached hydrogens (tertiary/aromatic N) is 1. The maximum absolute atomic E-state index is 13.5. The normalized spacial score (nSPS) is 15.0. The van der Waals surface area contributed by atoms with Crippen molar-refractivity contribution in [3.05, 3.63) is 88.6 Å². The molecule has 0 saturated carbocycles. The van der Waals surface area contributed by atoms with Crippen LogP contribution in [0.5, 0.6) is 11.5 Å². The van der Waals surface area contributed by atoms with Gasteiger partial charge >= 0.3 is 0 Å². The van der Waals surface area contributed by atoms with Crippen molar-refractivity contribution in [1.29, 1.82) is 0 Å². The Morgan fingerprint density at radius 3 is 2.28 bits per heavy atom. The van der Waals surface area contributed by atoms with Gasteiger partial charge in [-0.3, -0.25) is 9.59 Å². The first-order valence-corrected chi connectivity index (χ1v) is 10.4. The molecule has 2 amide bonds. The summed E-state index contributed by atoms with van der Waals surface area (Å²) < 4.78 is 10.8. The molecule has 32 heavy (non-hydrogen) atoms. The molecule has 160 valence electrons. The highest BCUT2D eigenvalue weighted by atomic mass is 16.7. The summed E-state index contributed by atoms with van der Waals surface area (Å²) in [4.78, 5) is 28.3. The number of aryl methyl sites for hydroxylation is 3. The number of anilines is 2. The minimum Gasteiger partial charge on any atom is -0.454 e. The molecule has 0 spiro atoms. The molecule has 0 unspecified atom stereocenters. The first-order valence-electron chi connectivity index (χ1n) is 10.4. The van der Waals surface area contributed by atoms with E-state index in [9.17, 15) is 9.59 Å². The highest BCUT2D eigenvalue weighted by Gasteiger charge is 2.40. The molecule has 3 aromatic rings. The van der Waals surface area contributed by atoms with Crippen molar-refractivity contribution in [1.82, 2.24) is 0 Å². The summed E-state index contributed by atoms with van der Waals surface area (Å²) in [6.45, 7) is 6.12. The molecule has 0 saturated heterocycles. The fourth-order valence-electron chi connectivity index (χ4n) is 3.86. The van der Waals surface area contributed by atoms with Crippen LogP contribution in [0.1, 0.15) is 22.3 Å². The second-order valence-corrected chi connectivity index (χ2v) is 8.02. The van der Waals surface area contributed by atoms with E-state index in [0.29, 0.717) is 34.0 Å². The molecule has 5 rings (SSSR count). The van der Waals surface area contributed by atoms with Crippen molar-refractivity contribution in [2.75, 3.05) is 17.0 Å². The Kier molecular flexibility index (Phi) is 4.70. The zero-order chi connectivity index (χ0) is 22.4. The number of benzene rings is 3. The van der Waals surface area contributed by atoms with E-state index in [2.05, 4.69) is 5.32 Å². The highest BCUT2D eigenvalue weighted by Crippen LogP contribution is 2.38. The molecule has 0 fully saturated rings. The summed E-state index contributed by atoms with van der Waals surface area (Å²) in [7, 11) is 0. The predicted octanol–water partition coefficient (Wildman–Crippen LogP) is 4.74. The van der Waals surface area contributed by atoms with Gasteiger partial charge < -0.3 is 14.8 Å². The third kappa shape index (κ3) is 3.30. The first kappa shape index (κ1) is 19.9. The third-order valence-corrected chi connectivity index (χ3v) is 5.81. The maximum atomic E-state index is 13.5. The van der Waals surface area contributed by atoms with E-state index in [1.54, 1.807) is 30.3 Å². The van der Waals surface area contributed by atoms with Crippen molar-refractivity contribution in [2.24, 2.45) is 0 Å². The Labute approximate surface area is 186 Å². The second kappa shape index (κ2) is 7.57. The minimum absolute atomic E-state index is 0.161. The van der Waals surface area contributed by atoms with Crippen molar-refractivity contribution < 1.29 is 19.1 Å². The molecule has 0 atom stereocenters. The Hall–Kier alpha value is -4.06. The average Bonchev–Trinajstić information content (AvgIpc) is 3.33. The molecule has 0 bridgehead atoms. The lowest BCUT2D eigenvalue weighted by Crippen LogP contribution is -2.32. The van der Waals surface area contributed by atoms with Crippen LogP contribution in [0.25, 0.3) is 5.57 Å². The molecule has 2 aliphatic heterocycles. The van der Waals surface area contributed by atoms with Crippen LogP contribution in [0.15, 0.2) is 66.4 Å². The molecule has 2 heterocycles. The average molecular weight is 426 g/mol. The van der Waals surface area contributed by atoms with Gasteiger partial charge in [0.1, 0.15) is 5.70 Å². The zero-order valence-corrected chi connectivity index (χ0v) is 18.1. The van der Waals surface area contributed by atoms with Crippen LogP contribution in [0, 0.1) is 20.8 Å². The van der Waals surface area contributed by atoms with Crippen molar-refractivity contribution in [3.63, 3.8) is 0 Å². The van der Waals surface area contributed by atoms with Crippen LogP contribution >= 0.6 is 0 Å². The lowest BCUT2D eigenvalue weighted by Gasteiger charge is -2.15. The number of imide groups is 1. The van der Waals surface area contributed by atoms with Gasteiger partial charge in [-0.15, -0.1) is 0 Å². The van der Waals surface area contributed by atoms with Crippen LogP contribution in [-0.4, -0.2) is 18.6 Å². The lowest BCUT2D eigenvalue weighted by atomic mass is 9.99. The van der Waals surface area contributed by atoms with Gasteiger partial charge in [0.05, 0.1) is 11.3 Å². The molecule has 1 N–H and O–H groups in total. The molecule has 0 aromatic heterocycles. The number of hydrogen-bond acceptors (Lipinski definition) is 5. The molecule has 2 aliphatic rings. The Balaban J connectivity index is 1.61. The number of hydrogen-bond donors (Lipinski definition) is 1. The van der Waals surface area contributed by atoms with Gasteiger partial charge in [-0.2, -0.15) is 0 Å². The van der Waals surface area contributed by atoms with Gasteiger partial charge in [0.2, 0.25) is 6.79 Å². The number of carbonyl (C=O) groups is 2. The van der Waals surface area contributed by atoms with E-state index >= 15 is 0 Å². The molecule has 0 radical (unpaired) electrons. The van der Waals surface area contributed by atoms with Crippen LogP contribution < -0.4 is 19.7 Å². The Bertz CT molecular complexity index is 1290. The summed E-state index contributed by atoms with van der Waals surface area (Å²) in [5, 5.41) is 3.18. The van der Waals surface area contributed by atoms with E-state index in [4.69, 9.17) is 9.47 Å². The SMILES string of the molecule is Cc1ccc(N2C(=O)C(Nc3ccc4c(c3)OCO4)=C(c3ccc(C)c(C)c3)C2=O)cc1. The number of ether oxygens (including phenoxy) is 2. The van der Waals surface area contributed by atoms with Gasteiger partial charge in [-0.05, 0) is 61.7 Å². The number of fused-ring (bicyclic) bond motifs is 1. The smallest absolute Gasteiger partial charge is 0.282 e. The molecular weight excluding hydrogens is 404 g/mol. The van der Waals surface area contributed by atoms with E-state index < -0.39 is 5.91 Å². The molecule has 6 heteroatoms. The summed E-state index contributed by atoms with van der Waals surface area (Å²) in [5.41, 5.74) is 5.66.